The summed E-state index contributed by atoms with van der Waals surface area (Å²) in [5.41, 5.74) is 0.408. The van der Waals surface area contributed by atoms with E-state index in [2.05, 4.69) is 5.32 Å². The lowest BCUT2D eigenvalue weighted by Crippen LogP contribution is -2.30. The van der Waals surface area contributed by atoms with E-state index >= 15 is 0 Å². The molecule has 0 aliphatic heterocycles. The molecule has 0 aliphatic rings. The molecule has 0 aliphatic carbocycles. The summed E-state index contributed by atoms with van der Waals surface area (Å²) in [5.74, 6) is -0.388. The lowest BCUT2D eigenvalue weighted by Gasteiger charge is -2.13. The van der Waals surface area contributed by atoms with Crippen LogP contribution < -0.4 is 15.5 Å². The SMILES string of the molecule is C[C@H](OC(=O)c1cc(=O)c2ccccc2o1)C(=O)Nc1ccc(Oc2ccccc2)cc1. The zero-order valence-corrected chi connectivity index (χ0v) is 17.1. The van der Waals surface area contributed by atoms with Crippen LogP contribution in [0.1, 0.15) is 17.5 Å². The minimum Gasteiger partial charge on any atom is -0.457 e. The van der Waals surface area contributed by atoms with Crippen LogP contribution in [0.2, 0.25) is 0 Å². The van der Waals surface area contributed by atoms with Gasteiger partial charge in [0, 0.05) is 11.8 Å². The molecule has 1 amide bonds. The Hall–Kier alpha value is -4.39. The Morgan fingerprint density at radius 1 is 0.875 bits per heavy atom. The number of para-hydroxylation sites is 2. The number of ether oxygens (including phenoxy) is 2. The van der Waals surface area contributed by atoms with Gasteiger partial charge in [-0.25, -0.2) is 4.79 Å². The van der Waals surface area contributed by atoms with Crippen molar-refractivity contribution in [3.63, 3.8) is 0 Å². The molecule has 4 aromatic rings. The molecular formula is C25H19NO6. The van der Waals surface area contributed by atoms with Gasteiger partial charge in [0.15, 0.2) is 11.5 Å². The number of benzene rings is 3. The normalized spacial score (nSPS) is 11.5. The first-order valence-electron chi connectivity index (χ1n) is 9.87. The molecule has 0 spiro atoms. The summed E-state index contributed by atoms with van der Waals surface area (Å²) in [4.78, 5) is 36.9. The predicted molar refractivity (Wildman–Crippen MR) is 119 cm³/mol. The summed E-state index contributed by atoms with van der Waals surface area (Å²) in [7, 11) is 0. The van der Waals surface area contributed by atoms with Crippen molar-refractivity contribution in [3.05, 3.63) is 101 Å². The molecule has 4 rings (SSSR count). The highest BCUT2D eigenvalue weighted by Gasteiger charge is 2.21. The molecule has 160 valence electrons. The first-order valence-corrected chi connectivity index (χ1v) is 9.87. The molecule has 32 heavy (non-hydrogen) atoms. The van der Waals surface area contributed by atoms with Gasteiger partial charge in [0.1, 0.15) is 17.1 Å². The number of carbonyl (C=O) groups excluding carboxylic acids is 2. The number of amides is 1. The fraction of sp³-hybridized carbons (Fsp3) is 0.0800. The highest BCUT2D eigenvalue weighted by atomic mass is 16.6. The van der Waals surface area contributed by atoms with Gasteiger partial charge >= 0.3 is 5.97 Å². The quantitative estimate of drug-likeness (QED) is 0.444. The van der Waals surface area contributed by atoms with Crippen molar-refractivity contribution in [2.45, 2.75) is 13.0 Å². The Morgan fingerprint density at radius 2 is 1.53 bits per heavy atom. The molecular weight excluding hydrogens is 410 g/mol. The van der Waals surface area contributed by atoms with Crippen LogP contribution in [0.15, 0.2) is 94.1 Å². The summed E-state index contributed by atoms with van der Waals surface area (Å²) >= 11 is 0. The molecule has 1 aromatic heterocycles. The fourth-order valence-electron chi connectivity index (χ4n) is 2.95. The zero-order chi connectivity index (χ0) is 22.5. The lowest BCUT2D eigenvalue weighted by atomic mass is 10.2. The van der Waals surface area contributed by atoms with E-state index in [1.165, 1.54) is 6.92 Å². The van der Waals surface area contributed by atoms with E-state index in [-0.39, 0.29) is 16.8 Å². The van der Waals surface area contributed by atoms with Gasteiger partial charge in [-0.05, 0) is 55.5 Å². The van der Waals surface area contributed by atoms with Gasteiger partial charge in [-0.2, -0.15) is 0 Å². The third-order valence-corrected chi connectivity index (χ3v) is 4.59. The largest absolute Gasteiger partial charge is 0.457 e. The van der Waals surface area contributed by atoms with Crippen molar-refractivity contribution in [1.82, 2.24) is 0 Å². The number of nitrogens with one attached hydrogen (secondary N) is 1. The number of hydrogen-bond acceptors (Lipinski definition) is 6. The zero-order valence-electron chi connectivity index (χ0n) is 17.1. The van der Waals surface area contributed by atoms with E-state index in [0.717, 1.165) is 6.07 Å². The van der Waals surface area contributed by atoms with Crippen molar-refractivity contribution < 1.29 is 23.5 Å². The van der Waals surface area contributed by atoms with Crippen LogP contribution >= 0.6 is 0 Å². The molecule has 0 unspecified atom stereocenters. The van der Waals surface area contributed by atoms with E-state index in [9.17, 15) is 14.4 Å². The van der Waals surface area contributed by atoms with E-state index < -0.39 is 18.0 Å². The van der Waals surface area contributed by atoms with E-state index in [0.29, 0.717) is 22.6 Å². The number of hydrogen-bond donors (Lipinski definition) is 1. The lowest BCUT2D eigenvalue weighted by molar-refractivity contribution is -0.123. The van der Waals surface area contributed by atoms with Crippen LogP contribution in [-0.4, -0.2) is 18.0 Å². The van der Waals surface area contributed by atoms with Crippen LogP contribution in [-0.2, 0) is 9.53 Å². The van der Waals surface area contributed by atoms with Crippen molar-refractivity contribution in [1.29, 1.82) is 0 Å². The van der Waals surface area contributed by atoms with E-state index in [4.69, 9.17) is 13.9 Å². The van der Waals surface area contributed by atoms with Crippen molar-refractivity contribution in [3.8, 4) is 11.5 Å². The first kappa shape index (κ1) is 20.9. The number of rotatable bonds is 6. The van der Waals surface area contributed by atoms with Crippen LogP contribution in [0.4, 0.5) is 5.69 Å². The topological polar surface area (TPSA) is 94.8 Å². The van der Waals surface area contributed by atoms with Crippen molar-refractivity contribution in [2.75, 3.05) is 5.32 Å². The monoisotopic (exact) mass is 429 g/mol. The second-order valence-electron chi connectivity index (χ2n) is 6.95. The van der Waals surface area contributed by atoms with Crippen LogP contribution in [0, 0.1) is 0 Å². The number of carbonyl (C=O) groups is 2. The highest BCUT2D eigenvalue weighted by molar-refractivity contribution is 5.97. The Balaban J connectivity index is 1.37. The average Bonchev–Trinajstić information content (AvgIpc) is 2.81. The highest BCUT2D eigenvalue weighted by Crippen LogP contribution is 2.23. The maximum atomic E-state index is 12.4. The Bertz CT molecular complexity index is 1310. The first-order chi connectivity index (χ1) is 15.5. The summed E-state index contributed by atoms with van der Waals surface area (Å²) in [6.07, 6.45) is -1.11. The molecule has 7 heteroatoms. The number of fused-ring (bicyclic) bond motifs is 1. The Labute approximate surface area is 183 Å². The maximum absolute atomic E-state index is 12.4. The van der Waals surface area contributed by atoms with E-state index in [1.807, 2.05) is 30.3 Å². The average molecular weight is 429 g/mol. The van der Waals surface area contributed by atoms with E-state index in [1.54, 1.807) is 48.5 Å². The third-order valence-electron chi connectivity index (χ3n) is 4.59. The molecule has 0 radical (unpaired) electrons. The van der Waals surface area contributed by atoms with Gasteiger partial charge in [0.05, 0.1) is 5.39 Å². The number of esters is 1. The Morgan fingerprint density at radius 3 is 2.28 bits per heavy atom. The summed E-state index contributed by atoms with van der Waals surface area (Å²) in [6, 6.07) is 23.7. The molecule has 1 atom stereocenters. The fourth-order valence-corrected chi connectivity index (χ4v) is 2.95. The van der Waals surface area contributed by atoms with Crippen LogP contribution in [0.5, 0.6) is 11.5 Å². The molecule has 0 saturated carbocycles. The molecule has 0 bridgehead atoms. The van der Waals surface area contributed by atoms with Gasteiger partial charge in [-0.15, -0.1) is 0 Å². The van der Waals surface area contributed by atoms with Crippen LogP contribution in [0.3, 0.4) is 0 Å². The summed E-state index contributed by atoms with van der Waals surface area (Å²) < 4.78 is 16.3. The molecule has 0 saturated heterocycles. The molecule has 0 fully saturated rings. The Kier molecular flexibility index (Phi) is 5.98. The second-order valence-corrected chi connectivity index (χ2v) is 6.95. The van der Waals surface area contributed by atoms with Crippen LogP contribution in [0.25, 0.3) is 11.0 Å². The summed E-state index contributed by atoms with van der Waals surface area (Å²) in [5, 5.41) is 3.02. The maximum Gasteiger partial charge on any atom is 0.375 e. The van der Waals surface area contributed by atoms with Gasteiger partial charge in [0.25, 0.3) is 5.91 Å². The summed E-state index contributed by atoms with van der Waals surface area (Å²) in [6.45, 7) is 1.43. The third kappa shape index (κ3) is 4.84. The standard InChI is InChI=1S/C25H19NO6/c1-16(30-25(29)23-15-21(27)20-9-5-6-10-22(20)32-23)24(28)26-17-11-13-19(14-12-17)31-18-7-3-2-4-8-18/h2-16H,1H3,(H,26,28)/t16-/m0/s1. The number of anilines is 1. The van der Waals surface area contributed by atoms with Gasteiger partial charge < -0.3 is 19.2 Å². The van der Waals surface area contributed by atoms with Crippen molar-refractivity contribution >= 4 is 28.5 Å². The minimum atomic E-state index is -1.11. The van der Waals surface area contributed by atoms with Crippen molar-refractivity contribution in [2.24, 2.45) is 0 Å². The molecule has 3 aromatic carbocycles. The molecule has 7 nitrogen and oxygen atoms in total. The second kappa shape index (κ2) is 9.18. The molecule has 1 heterocycles. The predicted octanol–water partition coefficient (Wildman–Crippen LogP) is 4.77. The van der Waals surface area contributed by atoms with Gasteiger partial charge in [0.2, 0.25) is 5.76 Å². The van der Waals surface area contributed by atoms with Gasteiger partial charge in [-0.3, -0.25) is 9.59 Å². The molecule has 1 N–H and O–H groups in total. The smallest absolute Gasteiger partial charge is 0.375 e. The minimum absolute atomic E-state index is 0.266. The van der Waals surface area contributed by atoms with Gasteiger partial charge in [-0.1, -0.05) is 30.3 Å².